The summed E-state index contributed by atoms with van der Waals surface area (Å²) in [5, 5.41) is 3.65. The third-order valence-electron chi connectivity index (χ3n) is 6.11. The predicted molar refractivity (Wildman–Crippen MR) is 86.4 cm³/mol. The molecular weight excluding hydrogens is 329 g/mol. The first kappa shape index (κ1) is 14.2. The topological polar surface area (TPSA) is 12.0 Å². The molecule has 3 aliphatic rings. The van der Waals surface area contributed by atoms with Crippen LogP contribution >= 0.6 is 15.9 Å². The number of hydrogen-bond acceptors (Lipinski definition) is 1. The van der Waals surface area contributed by atoms with Crippen molar-refractivity contribution in [2.45, 2.75) is 38.6 Å². The largest absolute Gasteiger partial charge is 0.310 e. The van der Waals surface area contributed by atoms with Crippen molar-refractivity contribution in [3.8, 4) is 0 Å². The summed E-state index contributed by atoms with van der Waals surface area (Å²) in [7, 11) is 0. The third kappa shape index (κ3) is 2.19. The van der Waals surface area contributed by atoms with Crippen molar-refractivity contribution in [1.29, 1.82) is 0 Å². The SMILES string of the molecule is CCCNC(c1cccc(Br)c1F)C1C2C3CCC(C3)C21. The van der Waals surface area contributed by atoms with E-state index in [0.29, 0.717) is 10.4 Å². The molecule has 3 heteroatoms. The van der Waals surface area contributed by atoms with Crippen LogP contribution in [0.1, 0.15) is 44.2 Å². The van der Waals surface area contributed by atoms with Gasteiger partial charge in [-0.3, -0.25) is 0 Å². The minimum Gasteiger partial charge on any atom is -0.310 e. The summed E-state index contributed by atoms with van der Waals surface area (Å²) >= 11 is 3.35. The summed E-state index contributed by atoms with van der Waals surface area (Å²) in [6, 6.07) is 5.95. The molecule has 0 saturated heterocycles. The number of rotatable bonds is 5. The van der Waals surface area contributed by atoms with Crippen molar-refractivity contribution in [1.82, 2.24) is 5.32 Å². The number of hydrogen-bond donors (Lipinski definition) is 1. The maximum Gasteiger partial charge on any atom is 0.142 e. The molecule has 4 rings (SSSR count). The number of benzene rings is 1. The lowest BCUT2D eigenvalue weighted by molar-refractivity contribution is 0.361. The van der Waals surface area contributed by atoms with E-state index in [-0.39, 0.29) is 11.9 Å². The highest BCUT2D eigenvalue weighted by Gasteiger charge is 2.66. The molecule has 21 heavy (non-hydrogen) atoms. The van der Waals surface area contributed by atoms with E-state index in [9.17, 15) is 4.39 Å². The first-order valence-electron chi connectivity index (χ1n) is 8.39. The predicted octanol–water partition coefficient (Wildman–Crippen LogP) is 4.92. The van der Waals surface area contributed by atoms with Gasteiger partial charge < -0.3 is 5.32 Å². The quantitative estimate of drug-likeness (QED) is 0.793. The van der Waals surface area contributed by atoms with E-state index in [1.54, 1.807) is 6.07 Å². The Morgan fingerprint density at radius 1 is 1.29 bits per heavy atom. The minimum absolute atomic E-state index is 0.0663. The average molecular weight is 352 g/mol. The van der Waals surface area contributed by atoms with Gasteiger partial charge in [0.1, 0.15) is 5.82 Å². The monoisotopic (exact) mass is 351 g/mol. The van der Waals surface area contributed by atoms with Crippen LogP contribution in [0.3, 0.4) is 0 Å². The molecule has 0 aliphatic heterocycles. The summed E-state index contributed by atoms with van der Waals surface area (Å²) in [5.41, 5.74) is 0.872. The highest BCUT2D eigenvalue weighted by molar-refractivity contribution is 9.10. The Balaban J connectivity index is 1.62. The number of nitrogens with one attached hydrogen (secondary N) is 1. The molecule has 1 aromatic carbocycles. The van der Waals surface area contributed by atoms with Crippen LogP contribution in [0.25, 0.3) is 0 Å². The van der Waals surface area contributed by atoms with Gasteiger partial charge in [-0.15, -0.1) is 0 Å². The summed E-state index contributed by atoms with van der Waals surface area (Å²) in [6.45, 7) is 3.15. The first-order valence-corrected chi connectivity index (χ1v) is 9.19. The lowest BCUT2D eigenvalue weighted by atomic mass is 9.92. The zero-order chi connectivity index (χ0) is 14.6. The molecule has 1 nitrogen and oxygen atoms in total. The van der Waals surface area contributed by atoms with Crippen molar-refractivity contribution in [3.63, 3.8) is 0 Å². The van der Waals surface area contributed by atoms with E-state index in [4.69, 9.17) is 0 Å². The second kappa shape index (κ2) is 5.34. The van der Waals surface area contributed by atoms with E-state index in [1.807, 2.05) is 12.1 Å². The van der Waals surface area contributed by atoms with Gasteiger partial charge in [-0.1, -0.05) is 19.1 Å². The van der Waals surface area contributed by atoms with Crippen LogP contribution in [0.5, 0.6) is 0 Å². The van der Waals surface area contributed by atoms with Crippen LogP contribution in [-0.2, 0) is 0 Å². The van der Waals surface area contributed by atoms with Crippen LogP contribution in [0.4, 0.5) is 4.39 Å². The van der Waals surface area contributed by atoms with Gasteiger partial charge in [-0.2, -0.15) is 0 Å². The van der Waals surface area contributed by atoms with E-state index < -0.39 is 0 Å². The molecule has 3 saturated carbocycles. The lowest BCUT2D eigenvalue weighted by Crippen LogP contribution is -2.27. The van der Waals surface area contributed by atoms with Gasteiger partial charge in [-0.05, 0) is 83.8 Å². The molecular formula is C18H23BrFN. The van der Waals surface area contributed by atoms with Gasteiger partial charge >= 0.3 is 0 Å². The average Bonchev–Trinajstić information content (AvgIpc) is 2.90. The molecule has 3 fully saturated rings. The van der Waals surface area contributed by atoms with Crippen molar-refractivity contribution < 1.29 is 4.39 Å². The van der Waals surface area contributed by atoms with Crippen molar-refractivity contribution in [3.05, 3.63) is 34.1 Å². The van der Waals surface area contributed by atoms with Crippen LogP contribution in [0, 0.1) is 35.4 Å². The summed E-state index contributed by atoms with van der Waals surface area (Å²) < 4.78 is 15.2. The fourth-order valence-corrected chi connectivity index (χ4v) is 5.73. The summed E-state index contributed by atoms with van der Waals surface area (Å²) in [4.78, 5) is 0. The second-order valence-electron chi connectivity index (χ2n) is 7.14. The fourth-order valence-electron chi connectivity index (χ4n) is 5.35. The van der Waals surface area contributed by atoms with Gasteiger partial charge in [-0.25, -0.2) is 4.39 Å². The Kier molecular flexibility index (Phi) is 3.61. The highest BCUT2D eigenvalue weighted by atomic mass is 79.9. The van der Waals surface area contributed by atoms with Crippen LogP contribution < -0.4 is 5.32 Å². The molecule has 2 bridgehead atoms. The zero-order valence-corrected chi connectivity index (χ0v) is 14.1. The number of halogens is 2. The Labute approximate surface area is 134 Å². The Hall–Kier alpha value is -0.410. The van der Waals surface area contributed by atoms with Crippen molar-refractivity contribution in [2.24, 2.45) is 29.6 Å². The summed E-state index contributed by atoms with van der Waals surface area (Å²) in [6.07, 6.45) is 5.39. The standard InChI is InChI=1S/C18H23BrFN/c1-2-8-21-18(12-4-3-5-13(19)17(12)20)16-14-10-6-7-11(9-10)15(14)16/h3-5,10-11,14-16,18,21H,2,6-9H2,1H3. The molecule has 5 atom stereocenters. The zero-order valence-electron chi connectivity index (χ0n) is 12.5. The minimum atomic E-state index is -0.0663. The third-order valence-corrected chi connectivity index (χ3v) is 6.72. The smallest absolute Gasteiger partial charge is 0.142 e. The Bertz CT molecular complexity index is 530. The lowest BCUT2D eigenvalue weighted by Gasteiger charge is -2.23. The normalized spacial score (nSPS) is 37.6. The molecule has 0 spiro atoms. The van der Waals surface area contributed by atoms with Gasteiger partial charge in [0.25, 0.3) is 0 Å². The summed E-state index contributed by atoms with van der Waals surface area (Å²) in [5.74, 6) is 4.22. The maximum atomic E-state index is 14.6. The van der Waals surface area contributed by atoms with E-state index >= 15 is 0 Å². The van der Waals surface area contributed by atoms with E-state index in [0.717, 1.165) is 42.2 Å². The fraction of sp³-hybridized carbons (Fsp3) is 0.667. The second-order valence-corrected chi connectivity index (χ2v) is 7.99. The van der Waals surface area contributed by atoms with Gasteiger partial charge in [0, 0.05) is 11.6 Å². The van der Waals surface area contributed by atoms with Crippen LogP contribution in [-0.4, -0.2) is 6.54 Å². The molecule has 1 N–H and O–H groups in total. The Morgan fingerprint density at radius 3 is 2.67 bits per heavy atom. The van der Waals surface area contributed by atoms with Crippen LogP contribution in [0.15, 0.2) is 22.7 Å². The molecule has 0 amide bonds. The van der Waals surface area contributed by atoms with Gasteiger partial charge in [0.15, 0.2) is 0 Å². The van der Waals surface area contributed by atoms with Gasteiger partial charge in [0.2, 0.25) is 0 Å². The first-order chi connectivity index (χ1) is 10.2. The van der Waals surface area contributed by atoms with Gasteiger partial charge in [0.05, 0.1) is 4.47 Å². The highest BCUT2D eigenvalue weighted by Crippen LogP contribution is 2.72. The molecule has 5 unspecified atom stereocenters. The van der Waals surface area contributed by atoms with Crippen molar-refractivity contribution >= 4 is 15.9 Å². The molecule has 0 heterocycles. The number of fused-ring (bicyclic) bond motifs is 5. The van der Waals surface area contributed by atoms with E-state index in [2.05, 4.69) is 28.2 Å². The molecule has 0 radical (unpaired) electrons. The molecule has 0 aromatic heterocycles. The Morgan fingerprint density at radius 2 is 2.00 bits per heavy atom. The molecule has 1 aromatic rings. The molecule has 114 valence electrons. The maximum absolute atomic E-state index is 14.6. The van der Waals surface area contributed by atoms with E-state index in [1.165, 1.54) is 19.3 Å². The van der Waals surface area contributed by atoms with Crippen LogP contribution in [0.2, 0.25) is 0 Å². The van der Waals surface area contributed by atoms with Crippen molar-refractivity contribution in [2.75, 3.05) is 6.54 Å². The molecule has 3 aliphatic carbocycles.